The van der Waals surface area contributed by atoms with Gasteiger partial charge in [0.2, 0.25) is 0 Å². The first-order valence-electron chi connectivity index (χ1n) is 5.42. The first kappa shape index (κ1) is 12.6. The van der Waals surface area contributed by atoms with Crippen molar-refractivity contribution in [1.29, 1.82) is 0 Å². The third kappa shape index (κ3) is 4.73. The van der Waals surface area contributed by atoms with E-state index in [1.54, 1.807) is 0 Å². The van der Waals surface area contributed by atoms with E-state index in [2.05, 4.69) is 29.5 Å². The lowest BCUT2D eigenvalue weighted by Crippen LogP contribution is -1.99. The maximum Gasteiger partial charge on any atom is 0.134 e. The molecule has 0 fully saturated rings. The number of benzene rings is 1. The molecule has 0 radical (unpaired) electrons. The van der Waals surface area contributed by atoms with Crippen molar-refractivity contribution in [3.8, 4) is 5.75 Å². The molecular formula is C12H18INO. The Hall–Kier alpha value is -0.450. The van der Waals surface area contributed by atoms with Gasteiger partial charge in [0.1, 0.15) is 5.75 Å². The zero-order valence-electron chi connectivity index (χ0n) is 9.13. The molecule has 0 bridgehead atoms. The Morgan fingerprint density at radius 3 is 2.80 bits per heavy atom. The van der Waals surface area contributed by atoms with Crippen molar-refractivity contribution in [2.24, 2.45) is 0 Å². The minimum absolute atomic E-state index is 0.763. The minimum Gasteiger partial charge on any atom is -0.492 e. The van der Waals surface area contributed by atoms with E-state index in [0.29, 0.717) is 0 Å². The van der Waals surface area contributed by atoms with Crippen molar-refractivity contribution in [3.63, 3.8) is 0 Å². The topological polar surface area (TPSA) is 35.2 Å². The smallest absolute Gasteiger partial charge is 0.134 e. The Kier molecular flexibility index (Phi) is 5.83. The molecule has 0 spiro atoms. The summed E-state index contributed by atoms with van der Waals surface area (Å²) < 4.78 is 6.80. The predicted octanol–water partition coefficient (Wildman–Crippen LogP) is 3.83. The zero-order valence-corrected chi connectivity index (χ0v) is 11.3. The van der Waals surface area contributed by atoms with E-state index in [1.165, 1.54) is 19.3 Å². The number of nitrogen functional groups attached to an aromatic ring is 1. The van der Waals surface area contributed by atoms with Crippen LogP contribution in [0.3, 0.4) is 0 Å². The van der Waals surface area contributed by atoms with Gasteiger partial charge in [-0.3, -0.25) is 0 Å². The molecule has 0 amide bonds. The minimum atomic E-state index is 0.763. The number of unbranched alkanes of at least 4 members (excludes halogenated alkanes) is 3. The standard InChI is InChI=1S/C12H18INO/c1-2-3-4-5-8-15-12-9-10(14)6-7-11(12)13/h6-7,9H,2-5,8,14H2,1H3. The second kappa shape index (κ2) is 6.93. The molecule has 0 unspecified atom stereocenters. The Labute approximate surface area is 105 Å². The quantitative estimate of drug-likeness (QED) is 0.491. The summed E-state index contributed by atoms with van der Waals surface area (Å²) in [5.74, 6) is 0.909. The summed E-state index contributed by atoms with van der Waals surface area (Å²) >= 11 is 2.26. The summed E-state index contributed by atoms with van der Waals surface area (Å²) in [4.78, 5) is 0. The van der Waals surface area contributed by atoms with Gasteiger partial charge in [0.05, 0.1) is 10.2 Å². The second-order valence-electron chi connectivity index (χ2n) is 3.60. The molecule has 0 heterocycles. The monoisotopic (exact) mass is 319 g/mol. The third-order valence-electron chi connectivity index (χ3n) is 2.21. The van der Waals surface area contributed by atoms with Gasteiger partial charge in [-0.15, -0.1) is 0 Å². The number of rotatable bonds is 6. The van der Waals surface area contributed by atoms with Gasteiger partial charge in [-0.25, -0.2) is 0 Å². The van der Waals surface area contributed by atoms with Crippen molar-refractivity contribution >= 4 is 28.3 Å². The SMILES string of the molecule is CCCCCCOc1cc(N)ccc1I. The number of hydrogen-bond acceptors (Lipinski definition) is 2. The average molecular weight is 319 g/mol. The summed E-state index contributed by atoms with van der Waals surface area (Å²) in [5, 5.41) is 0. The highest BCUT2D eigenvalue weighted by atomic mass is 127. The third-order valence-corrected chi connectivity index (χ3v) is 3.10. The fourth-order valence-corrected chi connectivity index (χ4v) is 1.83. The van der Waals surface area contributed by atoms with Gasteiger partial charge in [-0.2, -0.15) is 0 Å². The molecule has 1 aromatic rings. The number of anilines is 1. The van der Waals surface area contributed by atoms with Crippen LogP contribution in [-0.4, -0.2) is 6.61 Å². The van der Waals surface area contributed by atoms with Crippen LogP contribution in [0.5, 0.6) is 5.75 Å². The first-order chi connectivity index (χ1) is 7.24. The van der Waals surface area contributed by atoms with Crippen LogP contribution in [0, 0.1) is 3.57 Å². The molecule has 0 aliphatic carbocycles. The average Bonchev–Trinajstić information content (AvgIpc) is 2.23. The first-order valence-corrected chi connectivity index (χ1v) is 6.49. The molecule has 0 aliphatic heterocycles. The number of halogens is 1. The predicted molar refractivity (Wildman–Crippen MR) is 73.2 cm³/mol. The van der Waals surface area contributed by atoms with E-state index >= 15 is 0 Å². The number of nitrogens with two attached hydrogens (primary N) is 1. The molecule has 1 rings (SSSR count). The molecule has 0 aromatic heterocycles. The van der Waals surface area contributed by atoms with Crippen LogP contribution in [0.4, 0.5) is 5.69 Å². The summed E-state index contributed by atoms with van der Waals surface area (Å²) in [6, 6.07) is 5.77. The van der Waals surface area contributed by atoms with Crippen molar-refractivity contribution in [2.75, 3.05) is 12.3 Å². The van der Waals surface area contributed by atoms with Crippen LogP contribution in [0.25, 0.3) is 0 Å². The zero-order chi connectivity index (χ0) is 11.1. The largest absolute Gasteiger partial charge is 0.492 e. The highest BCUT2D eigenvalue weighted by molar-refractivity contribution is 14.1. The van der Waals surface area contributed by atoms with Crippen molar-refractivity contribution in [1.82, 2.24) is 0 Å². The van der Waals surface area contributed by atoms with Gasteiger partial charge in [-0.1, -0.05) is 26.2 Å². The van der Waals surface area contributed by atoms with Crippen molar-refractivity contribution in [2.45, 2.75) is 32.6 Å². The fraction of sp³-hybridized carbons (Fsp3) is 0.500. The van der Waals surface area contributed by atoms with Crippen LogP contribution in [0.2, 0.25) is 0 Å². The van der Waals surface area contributed by atoms with Gasteiger partial charge in [0.25, 0.3) is 0 Å². The lowest BCUT2D eigenvalue weighted by Gasteiger charge is -2.08. The lowest BCUT2D eigenvalue weighted by molar-refractivity contribution is 0.303. The van der Waals surface area contributed by atoms with Crippen LogP contribution >= 0.6 is 22.6 Å². The Balaban J connectivity index is 2.33. The maximum absolute atomic E-state index is 5.70. The Bertz CT molecular complexity index is 302. The molecule has 1 aromatic carbocycles. The summed E-state index contributed by atoms with van der Waals surface area (Å²) in [7, 11) is 0. The van der Waals surface area contributed by atoms with Gasteiger partial charge in [-0.05, 0) is 41.1 Å². The molecule has 3 heteroatoms. The van der Waals surface area contributed by atoms with Crippen LogP contribution in [0.15, 0.2) is 18.2 Å². The van der Waals surface area contributed by atoms with Crippen LogP contribution < -0.4 is 10.5 Å². The molecule has 15 heavy (non-hydrogen) atoms. The van der Waals surface area contributed by atoms with E-state index in [0.717, 1.165) is 28.0 Å². The van der Waals surface area contributed by atoms with E-state index in [4.69, 9.17) is 10.5 Å². The number of hydrogen-bond donors (Lipinski definition) is 1. The normalized spacial score (nSPS) is 10.3. The summed E-state index contributed by atoms with van der Waals surface area (Å²) in [5.41, 5.74) is 6.46. The molecule has 0 saturated heterocycles. The van der Waals surface area contributed by atoms with Crippen molar-refractivity contribution < 1.29 is 4.74 Å². The Morgan fingerprint density at radius 1 is 1.27 bits per heavy atom. The highest BCUT2D eigenvalue weighted by Crippen LogP contribution is 2.23. The van der Waals surface area contributed by atoms with Crippen molar-refractivity contribution in [3.05, 3.63) is 21.8 Å². The molecule has 2 nitrogen and oxygen atoms in total. The second-order valence-corrected chi connectivity index (χ2v) is 4.76. The van der Waals surface area contributed by atoms with Gasteiger partial charge in [0, 0.05) is 11.8 Å². The Morgan fingerprint density at radius 2 is 2.07 bits per heavy atom. The van der Waals surface area contributed by atoms with Crippen LogP contribution in [0.1, 0.15) is 32.6 Å². The summed E-state index contributed by atoms with van der Waals surface area (Å²) in [6.07, 6.45) is 4.92. The molecule has 84 valence electrons. The molecule has 0 aliphatic rings. The lowest BCUT2D eigenvalue weighted by atomic mass is 10.2. The van der Waals surface area contributed by atoms with Gasteiger partial charge < -0.3 is 10.5 Å². The maximum atomic E-state index is 5.70. The van der Waals surface area contributed by atoms with E-state index in [9.17, 15) is 0 Å². The van der Waals surface area contributed by atoms with E-state index in [1.807, 2.05) is 18.2 Å². The highest BCUT2D eigenvalue weighted by Gasteiger charge is 2.00. The molecule has 0 saturated carbocycles. The molecule has 0 atom stereocenters. The van der Waals surface area contributed by atoms with Crippen LogP contribution in [-0.2, 0) is 0 Å². The molecule has 2 N–H and O–H groups in total. The van der Waals surface area contributed by atoms with Gasteiger partial charge >= 0.3 is 0 Å². The van der Waals surface area contributed by atoms with Gasteiger partial charge in [0.15, 0.2) is 0 Å². The van der Waals surface area contributed by atoms with E-state index < -0.39 is 0 Å². The molecular weight excluding hydrogens is 301 g/mol. The fourth-order valence-electron chi connectivity index (χ4n) is 1.34. The number of ether oxygens (including phenoxy) is 1. The summed E-state index contributed by atoms with van der Waals surface area (Å²) in [6.45, 7) is 3.00. The van der Waals surface area contributed by atoms with E-state index in [-0.39, 0.29) is 0 Å².